The lowest BCUT2D eigenvalue weighted by atomic mass is 9.77. The summed E-state index contributed by atoms with van der Waals surface area (Å²) in [6, 6.07) is 11.4. The van der Waals surface area contributed by atoms with Gasteiger partial charge in [0.1, 0.15) is 18.0 Å². The zero-order chi connectivity index (χ0) is 25.8. The topological polar surface area (TPSA) is 108 Å². The number of aliphatic hydroxyl groups excluding tert-OH is 2. The lowest BCUT2D eigenvalue weighted by molar-refractivity contribution is -0.139. The lowest BCUT2D eigenvalue weighted by Gasteiger charge is -2.41. The first kappa shape index (κ1) is 26.4. The van der Waals surface area contributed by atoms with E-state index >= 15 is 0 Å². The van der Waals surface area contributed by atoms with E-state index in [2.05, 4.69) is 5.32 Å². The molecule has 192 valence electrons. The van der Waals surface area contributed by atoms with Gasteiger partial charge >= 0.3 is 0 Å². The molecule has 10 heteroatoms. The molecule has 0 bridgehead atoms. The third-order valence-electron chi connectivity index (χ3n) is 6.43. The van der Waals surface area contributed by atoms with Crippen LogP contribution in [-0.4, -0.2) is 72.0 Å². The molecule has 2 aliphatic rings. The minimum absolute atomic E-state index is 0.0694. The van der Waals surface area contributed by atoms with Crippen LogP contribution < -0.4 is 10.1 Å². The molecule has 0 aromatic heterocycles. The number of para-hydroxylation sites is 1. The summed E-state index contributed by atoms with van der Waals surface area (Å²) >= 11 is 12.5. The zero-order valence-electron chi connectivity index (χ0n) is 19.7. The number of nitrogens with one attached hydrogen (secondary N) is 1. The first-order chi connectivity index (χ1) is 17.3. The molecule has 0 unspecified atom stereocenters. The number of amides is 2. The van der Waals surface area contributed by atoms with Crippen molar-refractivity contribution in [1.29, 1.82) is 0 Å². The molecule has 3 N–H and O–H groups in total. The van der Waals surface area contributed by atoms with E-state index in [1.807, 2.05) is 18.2 Å². The molecule has 8 nitrogen and oxygen atoms in total. The third kappa shape index (κ3) is 5.38. The highest BCUT2D eigenvalue weighted by Crippen LogP contribution is 2.47. The predicted octanol–water partition coefficient (Wildman–Crippen LogP) is 2.68. The normalized spacial score (nSPS) is 22.2. The zero-order valence-corrected chi connectivity index (χ0v) is 21.2. The first-order valence-corrected chi connectivity index (χ1v) is 12.4. The number of carbonyl (C=O) groups is 2. The Hall–Kier alpha value is -2.62. The molecule has 2 aromatic carbocycles. The fourth-order valence-electron chi connectivity index (χ4n) is 4.72. The van der Waals surface area contributed by atoms with Crippen LogP contribution in [0.1, 0.15) is 23.5 Å². The molecular formula is C26H28Cl2N2O6. The van der Waals surface area contributed by atoms with E-state index in [1.165, 1.54) is 12.0 Å². The second-order valence-electron chi connectivity index (χ2n) is 8.68. The van der Waals surface area contributed by atoms with Crippen LogP contribution in [0.2, 0.25) is 10.0 Å². The third-order valence-corrected chi connectivity index (χ3v) is 7.02. The number of hydrogen-bond acceptors (Lipinski definition) is 6. The Kier molecular flexibility index (Phi) is 8.54. The van der Waals surface area contributed by atoms with Gasteiger partial charge in [0.05, 0.1) is 31.6 Å². The molecule has 0 saturated carbocycles. The van der Waals surface area contributed by atoms with Crippen molar-refractivity contribution in [3.63, 3.8) is 0 Å². The van der Waals surface area contributed by atoms with Crippen LogP contribution in [0.15, 0.2) is 54.1 Å². The van der Waals surface area contributed by atoms with Gasteiger partial charge in [0.25, 0.3) is 0 Å². The van der Waals surface area contributed by atoms with Gasteiger partial charge in [0.15, 0.2) is 0 Å². The summed E-state index contributed by atoms with van der Waals surface area (Å²) in [6.45, 7) is 0.115. The fourth-order valence-corrected chi connectivity index (χ4v) is 5.19. The van der Waals surface area contributed by atoms with Crippen LogP contribution in [0.3, 0.4) is 0 Å². The second-order valence-corrected chi connectivity index (χ2v) is 9.52. The molecule has 1 aliphatic carbocycles. The summed E-state index contributed by atoms with van der Waals surface area (Å²) in [4.78, 5) is 28.0. The van der Waals surface area contributed by atoms with Crippen molar-refractivity contribution in [2.24, 2.45) is 0 Å². The van der Waals surface area contributed by atoms with E-state index in [4.69, 9.17) is 32.7 Å². The summed E-state index contributed by atoms with van der Waals surface area (Å²) in [5.41, 5.74) is 1.78. The van der Waals surface area contributed by atoms with Crippen molar-refractivity contribution in [2.45, 2.75) is 37.1 Å². The highest BCUT2D eigenvalue weighted by molar-refractivity contribution is 6.35. The van der Waals surface area contributed by atoms with Crippen molar-refractivity contribution >= 4 is 35.0 Å². The van der Waals surface area contributed by atoms with Crippen LogP contribution >= 0.6 is 23.2 Å². The fraction of sp³-hybridized carbons (Fsp3) is 0.385. The maximum atomic E-state index is 13.4. The van der Waals surface area contributed by atoms with Crippen molar-refractivity contribution in [3.05, 3.63) is 75.3 Å². The van der Waals surface area contributed by atoms with Crippen LogP contribution in [0.5, 0.6) is 5.75 Å². The molecule has 2 amide bonds. The van der Waals surface area contributed by atoms with Crippen LogP contribution in [0, 0.1) is 0 Å². The van der Waals surface area contributed by atoms with Gasteiger partial charge in [-0.3, -0.25) is 9.59 Å². The van der Waals surface area contributed by atoms with E-state index in [0.717, 1.165) is 5.56 Å². The van der Waals surface area contributed by atoms with Gasteiger partial charge in [0, 0.05) is 41.4 Å². The van der Waals surface area contributed by atoms with Gasteiger partial charge in [0.2, 0.25) is 11.8 Å². The number of fused-ring (bicyclic) bond motifs is 3. The van der Waals surface area contributed by atoms with Crippen LogP contribution in [-0.2, 0) is 20.9 Å². The minimum Gasteiger partial charge on any atom is -0.486 e. The Morgan fingerprint density at radius 1 is 1.19 bits per heavy atom. The largest absolute Gasteiger partial charge is 0.486 e. The summed E-state index contributed by atoms with van der Waals surface area (Å²) in [5.74, 6) is -0.635. The number of halogens is 2. The highest BCUT2D eigenvalue weighted by Gasteiger charge is 2.50. The number of benzene rings is 2. The molecular weight excluding hydrogens is 507 g/mol. The Labute approximate surface area is 219 Å². The highest BCUT2D eigenvalue weighted by atomic mass is 35.5. The monoisotopic (exact) mass is 534 g/mol. The first-order valence-electron chi connectivity index (χ1n) is 11.6. The summed E-state index contributed by atoms with van der Waals surface area (Å²) < 4.78 is 11.2. The average Bonchev–Trinajstić information content (AvgIpc) is 3.26. The van der Waals surface area contributed by atoms with Gasteiger partial charge in [-0.2, -0.15) is 0 Å². The van der Waals surface area contributed by atoms with Gasteiger partial charge in [-0.15, -0.1) is 0 Å². The maximum Gasteiger partial charge on any atom is 0.247 e. The van der Waals surface area contributed by atoms with Gasteiger partial charge in [-0.1, -0.05) is 47.5 Å². The molecule has 2 aromatic rings. The molecule has 0 fully saturated rings. The lowest BCUT2D eigenvalue weighted by Crippen LogP contribution is -2.55. The molecule has 0 radical (unpaired) electrons. The Morgan fingerprint density at radius 3 is 2.69 bits per heavy atom. The van der Waals surface area contributed by atoms with Gasteiger partial charge < -0.3 is 29.9 Å². The molecule has 1 aliphatic heterocycles. The van der Waals surface area contributed by atoms with Crippen molar-refractivity contribution in [3.8, 4) is 5.75 Å². The quantitative estimate of drug-likeness (QED) is 0.456. The Morgan fingerprint density at radius 2 is 1.97 bits per heavy atom. The SMILES string of the molecule is COCCC(=O)N(Cc1ccc(Cl)cc1Cl)[C@@H]1C=C(C(=O)NCCO)[C@@H]2c3ccccc3O[C@@H]2[C@H]1O. The Balaban J connectivity index is 1.76. The minimum atomic E-state index is -1.13. The van der Waals surface area contributed by atoms with E-state index in [-0.39, 0.29) is 38.6 Å². The van der Waals surface area contributed by atoms with Gasteiger partial charge in [-0.05, 0) is 29.8 Å². The van der Waals surface area contributed by atoms with E-state index in [0.29, 0.717) is 26.9 Å². The Bertz CT molecular complexity index is 1160. The maximum absolute atomic E-state index is 13.4. The van der Waals surface area contributed by atoms with Crippen molar-refractivity contribution in [2.75, 3.05) is 26.9 Å². The molecule has 1 heterocycles. The number of ether oxygens (including phenoxy) is 2. The van der Waals surface area contributed by atoms with E-state index in [9.17, 15) is 19.8 Å². The van der Waals surface area contributed by atoms with Crippen molar-refractivity contribution in [1.82, 2.24) is 10.2 Å². The molecule has 4 atom stereocenters. The molecule has 36 heavy (non-hydrogen) atoms. The van der Waals surface area contributed by atoms with E-state index < -0.39 is 30.1 Å². The molecule has 0 spiro atoms. The molecule has 0 saturated heterocycles. The van der Waals surface area contributed by atoms with Gasteiger partial charge in [-0.25, -0.2) is 0 Å². The number of aliphatic hydroxyl groups is 2. The predicted molar refractivity (Wildman–Crippen MR) is 135 cm³/mol. The van der Waals surface area contributed by atoms with E-state index in [1.54, 1.807) is 30.3 Å². The summed E-state index contributed by atoms with van der Waals surface area (Å²) in [7, 11) is 1.50. The second kappa shape index (κ2) is 11.6. The summed E-state index contributed by atoms with van der Waals surface area (Å²) in [5, 5.41) is 24.3. The number of methoxy groups -OCH3 is 1. The van der Waals surface area contributed by atoms with Crippen LogP contribution in [0.25, 0.3) is 0 Å². The average molecular weight is 535 g/mol. The number of rotatable bonds is 9. The standard InChI is InChI=1S/C26H28Cl2N2O6/c1-35-11-8-22(32)30(14-15-6-7-16(27)12-19(15)28)20-13-18(26(34)29-9-10-31)23-17-4-2-3-5-21(17)36-25(23)24(20)33/h2-7,12-13,20,23-25,31,33H,8-11,14H2,1H3,(H,29,34)/t20-,23+,24+,25+/m1/s1. The number of nitrogens with zero attached hydrogens (tertiary/aromatic N) is 1. The number of hydrogen-bond donors (Lipinski definition) is 3. The van der Waals surface area contributed by atoms with Crippen LogP contribution in [0.4, 0.5) is 0 Å². The number of carbonyl (C=O) groups excluding carboxylic acids is 2. The smallest absolute Gasteiger partial charge is 0.247 e. The molecule has 4 rings (SSSR count). The summed E-state index contributed by atoms with van der Waals surface area (Å²) in [6.07, 6.45) is -0.224. The van der Waals surface area contributed by atoms with Crippen molar-refractivity contribution < 1.29 is 29.3 Å².